The number of carboxylic acids is 1. The molecule has 6 atom stereocenters. The van der Waals surface area contributed by atoms with Crippen LogP contribution in [0.5, 0.6) is 0 Å². The minimum Gasteiger partial charge on any atom is -0.480 e. The van der Waals surface area contributed by atoms with Crippen molar-refractivity contribution in [2.45, 2.75) is 50.9 Å². The number of ether oxygens (including phenoxy) is 2. The molecule has 15 nitrogen and oxygen atoms in total. The van der Waals surface area contributed by atoms with Crippen LogP contribution in [0.1, 0.15) is 26.5 Å². The number of nitrogens with two attached hydrogens (primary N) is 1. The van der Waals surface area contributed by atoms with Crippen LogP contribution in [0.3, 0.4) is 0 Å². The number of fused-ring (bicyclic) bond motifs is 1. The first-order valence-electron chi connectivity index (χ1n) is 10.9. The Kier molecular flexibility index (Phi) is 9.39. The Labute approximate surface area is 215 Å². The Morgan fingerprint density at radius 2 is 2.08 bits per heavy atom. The first-order valence-corrected chi connectivity index (χ1v) is 12.9. The smallest absolute Gasteiger partial charge is 0.406 e. The lowest BCUT2D eigenvalue weighted by Crippen LogP contribution is -2.39. The summed E-state index contributed by atoms with van der Waals surface area (Å²) in [4.78, 5) is 34.9. The molecule has 18 heteroatoms. The second kappa shape index (κ2) is 11.9. The molecule has 1 aliphatic rings. The van der Waals surface area contributed by atoms with Crippen LogP contribution in [-0.4, -0.2) is 86.4 Å². The molecule has 6 unspecified atom stereocenters. The number of nitrogens with zero attached hydrogens (tertiary/aromatic N) is 4. The van der Waals surface area contributed by atoms with E-state index in [0.29, 0.717) is 0 Å². The number of aliphatic carboxylic acids is 1. The standard InChI is InChI=1S/C19H27ClFN6O9P/c1-8(2)4-9(18(31)33-3)26-37(32,35-6-11(28)29)34-5-10-14(30)12(21)17(36-10)27-7-23-13-15(22)24-19(20)25-16(13)27/h7-10,12,14,17,30H,4-6H2,1-3H3,(H,26,32)(H,28,29)(H2,22,24,25). The van der Waals surface area contributed by atoms with Gasteiger partial charge in [-0.2, -0.15) is 9.97 Å². The van der Waals surface area contributed by atoms with Crippen LogP contribution in [0.25, 0.3) is 11.2 Å². The normalized spacial score (nSPS) is 24.3. The number of imidazole rings is 1. The van der Waals surface area contributed by atoms with Gasteiger partial charge in [0.05, 0.1) is 20.0 Å². The molecule has 0 aliphatic carbocycles. The minimum absolute atomic E-state index is 0.0469. The molecule has 0 bridgehead atoms. The average molecular weight is 569 g/mol. The summed E-state index contributed by atoms with van der Waals surface area (Å²) in [6.07, 6.45) is -5.30. The van der Waals surface area contributed by atoms with Crippen LogP contribution >= 0.6 is 19.3 Å². The van der Waals surface area contributed by atoms with Gasteiger partial charge in [-0.15, -0.1) is 0 Å². The fraction of sp³-hybridized carbons (Fsp3) is 0.632. The van der Waals surface area contributed by atoms with E-state index in [-0.39, 0.29) is 34.6 Å². The van der Waals surface area contributed by atoms with Gasteiger partial charge in [-0.25, -0.2) is 23.8 Å². The van der Waals surface area contributed by atoms with E-state index in [1.165, 1.54) is 6.33 Å². The van der Waals surface area contributed by atoms with Gasteiger partial charge in [0, 0.05) is 0 Å². The number of anilines is 1. The molecule has 0 aromatic carbocycles. The number of rotatable bonds is 12. The first kappa shape index (κ1) is 29.1. The molecule has 1 fully saturated rings. The number of carboxylic acid groups (broad SMARTS) is 1. The summed E-state index contributed by atoms with van der Waals surface area (Å²) in [5, 5.41) is 21.6. The lowest BCUT2D eigenvalue weighted by atomic mass is 10.1. The molecule has 3 heterocycles. The van der Waals surface area contributed by atoms with E-state index in [4.69, 9.17) is 41.0 Å². The maximum Gasteiger partial charge on any atom is 0.406 e. The Hall–Kier alpha value is -2.46. The topological polar surface area (TPSA) is 210 Å². The molecular weight excluding hydrogens is 542 g/mol. The molecule has 1 saturated heterocycles. The number of nitrogen functional groups attached to an aromatic ring is 1. The van der Waals surface area contributed by atoms with Crippen molar-refractivity contribution in [2.75, 3.05) is 26.1 Å². The number of hydrogen-bond acceptors (Lipinski definition) is 12. The van der Waals surface area contributed by atoms with Crippen molar-refractivity contribution >= 4 is 48.3 Å². The van der Waals surface area contributed by atoms with Crippen LogP contribution < -0.4 is 10.8 Å². The Morgan fingerprint density at radius 1 is 1.38 bits per heavy atom. The van der Waals surface area contributed by atoms with E-state index < -0.39 is 63.5 Å². The van der Waals surface area contributed by atoms with E-state index in [1.807, 2.05) is 0 Å². The van der Waals surface area contributed by atoms with Gasteiger partial charge in [0.1, 0.15) is 23.8 Å². The molecule has 3 rings (SSSR count). The fourth-order valence-corrected chi connectivity index (χ4v) is 5.20. The lowest BCUT2D eigenvalue weighted by molar-refractivity contribution is -0.143. The SMILES string of the molecule is COC(=O)C(CC(C)C)NP(=O)(OCC(=O)O)OCC1OC(n2cnc3c(N)nc(Cl)nc32)C(F)C1O. The van der Waals surface area contributed by atoms with Crippen LogP contribution in [-0.2, 0) is 32.7 Å². The summed E-state index contributed by atoms with van der Waals surface area (Å²) in [5.74, 6) is -2.36. The van der Waals surface area contributed by atoms with E-state index >= 15 is 4.39 Å². The highest BCUT2D eigenvalue weighted by Gasteiger charge is 2.47. The highest BCUT2D eigenvalue weighted by atomic mass is 35.5. The van der Waals surface area contributed by atoms with Gasteiger partial charge in [0.25, 0.3) is 0 Å². The number of halogens is 2. The van der Waals surface area contributed by atoms with Crippen LogP contribution in [0.15, 0.2) is 6.33 Å². The number of carbonyl (C=O) groups is 2. The quantitative estimate of drug-likeness (QED) is 0.160. The number of methoxy groups -OCH3 is 1. The molecule has 37 heavy (non-hydrogen) atoms. The molecule has 206 valence electrons. The summed E-state index contributed by atoms with van der Waals surface area (Å²) in [6, 6.07) is -1.17. The lowest BCUT2D eigenvalue weighted by Gasteiger charge is -2.25. The summed E-state index contributed by atoms with van der Waals surface area (Å²) in [6.45, 7) is 1.84. The number of alkyl halides is 1. The number of carbonyl (C=O) groups excluding carboxylic acids is 1. The van der Waals surface area contributed by atoms with Crippen molar-refractivity contribution < 1.29 is 47.3 Å². The second-order valence-electron chi connectivity index (χ2n) is 8.50. The Balaban J connectivity index is 1.79. The van der Waals surface area contributed by atoms with Crippen molar-refractivity contribution in [3.63, 3.8) is 0 Å². The van der Waals surface area contributed by atoms with Crippen LogP contribution in [0.2, 0.25) is 5.28 Å². The second-order valence-corrected chi connectivity index (χ2v) is 10.6. The van der Waals surface area contributed by atoms with Crippen LogP contribution in [0, 0.1) is 5.92 Å². The fourth-order valence-electron chi connectivity index (χ4n) is 3.59. The van der Waals surface area contributed by atoms with Gasteiger partial charge in [0.15, 0.2) is 30.5 Å². The first-order chi connectivity index (χ1) is 17.3. The summed E-state index contributed by atoms with van der Waals surface area (Å²) in [5.41, 5.74) is 5.94. The molecule has 0 saturated carbocycles. The van der Waals surface area contributed by atoms with E-state index in [9.17, 15) is 19.3 Å². The van der Waals surface area contributed by atoms with Crippen molar-refractivity contribution in [1.29, 1.82) is 0 Å². The maximum absolute atomic E-state index is 15.1. The van der Waals surface area contributed by atoms with Gasteiger partial charge in [-0.1, -0.05) is 13.8 Å². The highest BCUT2D eigenvalue weighted by molar-refractivity contribution is 7.51. The summed E-state index contributed by atoms with van der Waals surface area (Å²) in [7, 11) is -3.38. The zero-order valence-corrected chi connectivity index (χ0v) is 21.6. The predicted octanol–water partition coefficient (Wildman–Crippen LogP) is 1.06. The maximum atomic E-state index is 15.1. The third-order valence-electron chi connectivity index (χ3n) is 5.26. The van der Waals surface area contributed by atoms with Crippen molar-refractivity contribution in [2.24, 2.45) is 5.92 Å². The van der Waals surface area contributed by atoms with Gasteiger partial charge in [-0.3, -0.25) is 18.4 Å². The Bertz CT molecular complexity index is 1190. The van der Waals surface area contributed by atoms with E-state index in [0.717, 1.165) is 11.7 Å². The van der Waals surface area contributed by atoms with E-state index in [1.54, 1.807) is 13.8 Å². The molecule has 1 aliphatic heterocycles. The molecular formula is C19H27ClFN6O9P. The zero-order chi connectivity index (χ0) is 27.5. The number of nitrogens with one attached hydrogen (secondary N) is 1. The molecule has 0 amide bonds. The van der Waals surface area contributed by atoms with Gasteiger partial charge >= 0.3 is 19.7 Å². The molecule has 2 aromatic heterocycles. The van der Waals surface area contributed by atoms with E-state index in [2.05, 4.69) is 20.0 Å². The predicted molar refractivity (Wildman–Crippen MR) is 125 cm³/mol. The highest BCUT2D eigenvalue weighted by Crippen LogP contribution is 2.46. The third-order valence-corrected chi connectivity index (χ3v) is 7.02. The zero-order valence-electron chi connectivity index (χ0n) is 20.0. The molecule has 0 radical (unpaired) electrons. The monoisotopic (exact) mass is 568 g/mol. The molecule has 0 spiro atoms. The van der Waals surface area contributed by atoms with Gasteiger partial charge in [-0.05, 0) is 23.9 Å². The van der Waals surface area contributed by atoms with Crippen molar-refractivity contribution in [1.82, 2.24) is 24.6 Å². The van der Waals surface area contributed by atoms with Crippen molar-refractivity contribution in [3.8, 4) is 0 Å². The number of aromatic nitrogens is 4. The molecule has 5 N–H and O–H groups in total. The summed E-state index contributed by atoms with van der Waals surface area (Å²) >= 11 is 5.84. The number of esters is 1. The summed E-state index contributed by atoms with van der Waals surface area (Å²) < 4.78 is 50.0. The Morgan fingerprint density at radius 3 is 2.70 bits per heavy atom. The average Bonchev–Trinajstić information content (AvgIpc) is 3.36. The number of aliphatic hydroxyl groups excluding tert-OH is 1. The number of aliphatic hydroxyl groups is 1. The van der Waals surface area contributed by atoms with Gasteiger partial charge < -0.3 is 25.4 Å². The van der Waals surface area contributed by atoms with Crippen molar-refractivity contribution in [3.05, 3.63) is 11.6 Å². The molecule has 2 aromatic rings. The largest absolute Gasteiger partial charge is 0.480 e. The third kappa shape index (κ3) is 6.90. The van der Waals surface area contributed by atoms with Gasteiger partial charge in [0.2, 0.25) is 5.28 Å². The van der Waals surface area contributed by atoms with Crippen LogP contribution in [0.4, 0.5) is 10.2 Å². The number of hydrogen-bond donors (Lipinski definition) is 4. The minimum atomic E-state index is -4.50.